The van der Waals surface area contributed by atoms with Crippen LogP contribution in [0.1, 0.15) is 4.88 Å². The van der Waals surface area contributed by atoms with Crippen LogP contribution < -0.4 is 5.32 Å². The summed E-state index contributed by atoms with van der Waals surface area (Å²) in [6, 6.07) is 10.8. The maximum absolute atomic E-state index is 12.3. The van der Waals surface area contributed by atoms with Crippen molar-refractivity contribution in [2.45, 2.75) is 0 Å². The number of rotatable bonds is 4. The first-order valence-corrected chi connectivity index (χ1v) is 9.36. The number of imide groups is 1. The zero-order valence-electron chi connectivity index (χ0n) is 12.2. The maximum atomic E-state index is 12.3. The van der Waals surface area contributed by atoms with Crippen LogP contribution >= 0.6 is 39.0 Å². The van der Waals surface area contributed by atoms with Gasteiger partial charge in [0.05, 0.1) is 4.91 Å². The molecule has 1 aromatic carbocycles. The summed E-state index contributed by atoms with van der Waals surface area (Å²) in [5, 5.41) is 4.12. The van der Waals surface area contributed by atoms with E-state index in [-0.39, 0.29) is 6.54 Å². The van der Waals surface area contributed by atoms with Crippen molar-refractivity contribution in [3.05, 3.63) is 56.0 Å². The highest BCUT2D eigenvalue weighted by molar-refractivity contribution is 9.10. The van der Waals surface area contributed by atoms with Gasteiger partial charge >= 0.3 is 0 Å². The Balaban J connectivity index is 1.66. The first-order valence-electron chi connectivity index (χ1n) is 6.87. The normalized spacial score (nSPS) is 16.0. The standard InChI is InChI=1S/C16H11BrN2O3S2/c17-10-3-5-11(6-4-10)18-14(20)9-19-15(21)13(24-16(19)22)8-12-2-1-7-23-12/h1-8H,9H2,(H,18,20)/b13-8-. The van der Waals surface area contributed by atoms with Gasteiger partial charge in [-0.25, -0.2) is 0 Å². The number of halogens is 1. The number of nitrogens with one attached hydrogen (secondary N) is 1. The first kappa shape index (κ1) is 16.9. The molecule has 0 radical (unpaired) electrons. The molecule has 0 atom stereocenters. The van der Waals surface area contributed by atoms with Gasteiger partial charge in [0, 0.05) is 15.0 Å². The minimum absolute atomic E-state index is 0.303. The summed E-state index contributed by atoms with van der Waals surface area (Å²) in [5.74, 6) is -0.860. The van der Waals surface area contributed by atoms with Gasteiger partial charge in [-0.15, -0.1) is 11.3 Å². The number of thiophene rings is 1. The summed E-state index contributed by atoms with van der Waals surface area (Å²) in [6.07, 6.45) is 1.67. The summed E-state index contributed by atoms with van der Waals surface area (Å²) >= 11 is 5.64. The van der Waals surface area contributed by atoms with E-state index in [9.17, 15) is 14.4 Å². The zero-order chi connectivity index (χ0) is 17.1. The number of amides is 3. The number of hydrogen-bond acceptors (Lipinski definition) is 5. The third kappa shape index (κ3) is 3.95. The van der Waals surface area contributed by atoms with Crippen molar-refractivity contribution in [2.24, 2.45) is 0 Å². The molecule has 1 aliphatic heterocycles. The molecule has 1 fully saturated rings. The van der Waals surface area contributed by atoms with Gasteiger partial charge in [0.25, 0.3) is 11.1 Å². The lowest BCUT2D eigenvalue weighted by Crippen LogP contribution is -2.36. The average Bonchev–Trinajstić information content (AvgIpc) is 3.14. The first-order chi connectivity index (χ1) is 11.5. The predicted octanol–water partition coefficient (Wildman–Crippen LogP) is 4.19. The van der Waals surface area contributed by atoms with Crippen LogP contribution in [0.25, 0.3) is 6.08 Å². The zero-order valence-corrected chi connectivity index (χ0v) is 15.4. The van der Waals surface area contributed by atoms with E-state index in [0.717, 1.165) is 26.0 Å². The number of carbonyl (C=O) groups excluding carboxylic acids is 3. The van der Waals surface area contributed by atoms with E-state index < -0.39 is 17.1 Å². The Labute approximate surface area is 154 Å². The molecule has 3 rings (SSSR count). The molecule has 1 N–H and O–H groups in total. The molecule has 24 heavy (non-hydrogen) atoms. The molecule has 1 aromatic heterocycles. The molecule has 1 aliphatic rings. The van der Waals surface area contributed by atoms with Crippen LogP contribution in [0.4, 0.5) is 10.5 Å². The summed E-state index contributed by atoms with van der Waals surface area (Å²) in [5.41, 5.74) is 0.601. The van der Waals surface area contributed by atoms with Crippen molar-refractivity contribution in [1.29, 1.82) is 0 Å². The van der Waals surface area contributed by atoms with Gasteiger partial charge < -0.3 is 5.32 Å². The summed E-state index contributed by atoms with van der Waals surface area (Å²) in [7, 11) is 0. The van der Waals surface area contributed by atoms with Crippen LogP contribution in [0.3, 0.4) is 0 Å². The van der Waals surface area contributed by atoms with Crippen LogP contribution in [-0.4, -0.2) is 28.5 Å². The van der Waals surface area contributed by atoms with Crippen molar-refractivity contribution >= 4 is 67.8 Å². The minimum Gasteiger partial charge on any atom is -0.325 e. The molecular weight excluding hydrogens is 412 g/mol. The molecule has 2 aromatic rings. The largest absolute Gasteiger partial charge is 0.325 e. The number of hydrogen-bond donors (Lipinski definition) is 1. The molecule has 8 heteroatoms. The van der Waals surface area contributed by atoms with Crippen LogP contribution in [0.2, 0.25) is 0 Å². The van der Waals surface area contributed by atoms with E-state index in [4.69, 9.17) is 0 Å². The van der Waals surface area contributed by atoms with E-state index in [2.05, 4.69) is 21.2 Å². The number of nitrogens with zero attached hydrogens (tertiary/aromatic N) is 1. The van der Waals surface area contributed by atoms with Crippen LogP contribution in [0.5, 0.6) is 0 Å². The molecule has 0 saturated carbocycles. The van der Waals surface area contributed by atoms with Crippen molar-refractivity contribution in [3.8, 4) is 0 Å². The van der Waals surface area contributed by atoms with E-state index in [1.54, 1.807) is 30.3 Å². The SMILES string of the molecule is O=C(CN1C(=O)S/C(=C\c2cccs2)C1=O)Nc1ccc(Br)cc1. The molecule has 1 saturated heterocycles. The Morgan fingerprint density at radius 2 is 1.96 bits per heavy atom. The minimum atomic E-state index is -0.440. The summed E-state index contributed by atoms with van der Waals surface area (Å²) in [4.78, 5) is 38.6. The third-order valence-corrected chi connectivity index (χ3v) is 5.38. The second kappa shape index (κ2) is 7.33. The number of thioether (sulfide) groups is 1. The van der Waals surface area contributed by atoms with E-state index in [0.29, 0.717) is 10.6 Å². The quantitative estimate of drug-likeness (QED) is 0.750. The van der Waals surface area contributed by atoms with Crippen LogP contribution in [0.15, 0.2) is 51.2 Å². The monoisotopic (exact) mass is 422 g/mol. The van der Waals surface area contributed by atoms with Gasteiger partial charge in [0.2, 0.25) is 5.91 Å². The Kier molecular flexibility index (Phi) is 5.17. The molecule has 5 nitrogen and oxygen atoms in total. The molecule has 0 bridgehead atoms. The average molecular weight is 423 g/mol. The molecular formula is C16H11BrN2O3S2. The smallest absolute Gasteiger partial charge is 0.294 e. The molecule has 0 aliphatic carbocycles. The Hall–Kier alpha value is -1.90. The van der Waals surface area contributed by atoms with E-state index >= 15 is 0 Å². The van der Waals surface area contributed by atoms with Crippen molar-refractivity contribution in [2.75, 3.05) is 11.9 Å². The fourth-order valence-electron chi connectivity index (χ4n) is 2.02. The number of carbonyl (C=O) groups is 3. The van der Waals surface area contributed by atoms with E-state index in [1.165, 1.54) is 11.3 Å². The Morgan fingerprint density at radius 1 is 1.21 bits per heavy atom. The molecule has 2 heterocycles. The lowest BCUT2D eigenvalue weighted by molar-refractivity contribution is -0.127. The lowest BCUT2D eigenvalue weighted by atomic mass is 10.3. The van der Waals surface area contributed by atoms with Gasteiger partial charge in [-0.05, 0) is 53.5 Å². The second-order valence-electron chi connectivity index (χ2n) is 4.84. The van der Waals surface area contributed by atoms with Crippen molar-refractivity contribution in [1.82, 2.24) is 4.90 Å². The fraction of sp³-hybridized carbons (Fsp3) is 0.0625. The van der Waals surface area contributed by atoms with Crippen LogP contribution in [0, 0.1) is 0 Å². The van der Waals surface area contributed by atoms with Gasteiger partial charge in [0.15, 0.2) is 0 Å². The lowest BCUT2D eigenvalue weighted by Gasteiger charge is -2.12. The molecule has 3 amide bonds. The molecule has 0 spiro atoms. The summed E-state index contributed by atoms with van der Waals surface area (Å²) in [6.45, 7) is -0.303. The third-order valence-electron chi connectivity index (χ3n) is 3.12. The van der Waals surface area contributed by atoms with Gasteiger partial charge in [-0.3, -0.25) is 19.3 Å². The Bertz CT molecular complexity index is 816. The van der Waals surface area contributed by atoms with Gasteiger partial charge in [-0.1, -0.05) is 22.0 Å². The molecule has 0 unspecified atom stereocenters. The number of benzene rings is 1. The second-order valence-corrected chi connectivity index (χ2v) is 7.73. The van der Waals surface area contributed by atoms with Gasteiger partial charge in [-0.2, -0.15) is 0 Å². The highest BCUT2D eigenvalue weighted by atomic mass is 79.9. The topological polar surface area (TPSA) is 66.5 Å². The van der Waals surface area contributed by atoms with E-state index in [1.807, 2.05) is 17.5 Å². The number of anilines is 1. The predicted molar refractivity (Wildman–Crippen MR) is 99.8 cm³/mol. The summed E-state index contributed by atoms with van der Waals surface area (Å²) < 4.78 is 0.894. The van der Waals surface area contributed by atoms with Crippen molar-refractivity contribution in [3.63, 3.8) is 0 Å². The molecule has 122 valence electrons. The van der Waals surface area contributed by atoms with Crippen molar-refractivity contribution < 1.29 is 14.4 Å². The van der Waals surface area contributed by atoms with Gasteiger partial charge in [0.1, 0.15) is 6.54 Å². The highest BCUT2D eigenvalue weighted by Crippen LogP contribution is 2.32. The maximum Gasteiger partial charge on any atom is 0.294 e. The Morgan fingerprint density at radius 3 is 2.62 bits per heavy atom. The van der Waals surface area contributed by atoms with Crippen LogP contribution in [-0.2, 0) is 9.59 Å². The fourth-order valence-corrected chi connectivity index (χ4v) is 3.84. The highest BCUT2D eigenvalue weighted by Gasteiger charge is 2.36.